The van der Waals surface area contributed by atoms with Crippen LogP contribution in [0.1, 0.15) is 19.8 Å². The summed E-state index contributed by atoms with van der Waals surface area (Å²) < 4.78 is 4.91. The molecule has 2 amide bonds. The predicted molar refractivity (Wildman–Crippen MR) is 72.7 cm³/mol. The highest BCUT2D eigenvalue weighted by Crippen LogP contribution is 2.16. The Morgan fingerprint density at radius 1 is 1.32 bits per heavy atom. The summed E-state index contributed by atoms with van der Waals surface area (Å²) in [6.45, 7) is 5.69. The van der Waals surface area contributed by atoms with Crippen molar-refractivity contribution in [2.24, 2.45) is 5.92 Å². The highest BCUT2D eigenvalue weighted by molar-refractivity contribution is 5.80. The maximum Gasteiger partial charge on any atom is 0.224 e. The lowest BCUT2D eigenvalue weighted by Crippen LogP contribution is -2.45. The Morgan fingerprint density at radius 3 is 2.79 bits per heavy atom. The second-order valence-corrected chi connectivity index (χ2v) is 4.84. The number of hydrogen-bond donors (Lipinski definition) is 2. The molecule has 6 heteroatoms. The van der Waals surface area contributed by atoms with Gasteiger partial charge >= 0.3 is 0 Å². The van der Waals surface area contributed by atoms with Crippen LogP contribution in [0.25, 0.3) is 0 Å². The summed E-state index contributed by atoms with van der Waals surface area (Å²) in [4.78, 5) is 25.0. The molecular weight excluding hydrogens is 246 g/mol. The molecule has 0 aromatic heterocycles. The molecule has 0 bridgehead atoms. The lowest BCUT2D eigenvalue weighted by Gasteiger charge is -2.31. The zero-order valence-electron chi connectivity index (χ0n) is 11.9. The first-order chi connectivity index (χ1) is 9.15. The number of hydrogen-bond acceptors (Lipinski definition) is 4. The fraction of sp³-hybridized carbons (Fsp3) is 0.846. The highest BCUT2D eigenvalue weighted by atomic mass is 16.5. The Hall–Kier alpha value is -1.14. The zero-order chi connectivity index (χ0) is 14.1. The van der Waals surface area contributed by atoms with Crippen molar-refractivity contribution < 1.29 is 14.3 Å². The van der Waals surface area contributed by atoms with Gasteiger partial charge in [-0.25, -0.2) is 0 Å². The first kappa shape index (κ1) is 15.9. The van der Waals surface area contributed by atoms with E-state index in [9.17, 15) is 9.59 Å². The number of ether oxygens (including phenoxy) is 1. The van der Waals surface area contributed by atoms with Gasteiger partial charge in [0, 0.05) is 46.8 Å². The van der Waals surface area contributed by atoms with Crippen molar-refractivity contribution in [2.75, 3.05) is 46.4 Å². The molecule has 1 heterocycles. The second-order valence-electron chi connectivity index (χ2n) is 4.84. The van der Waals surface area contributed by atoms with E-state index in [0.717, 1.165) is 32.5 Å². The van der Waals surface area contributed by atoms with Gasteiger partial charge in [-0.05, 0) is 12.8 Å². The molecule has 1 rings (SSSR count). The van der Waals surface area contributed by atoms with Crippen LogP contribution >= 0.6 is 0 Å². The first-order valence-corrected chi connectivity index (χ1v) is 6.88. The minimum absolute atomic E-state index is 0.0544. The number of methoxy groups -OCH3 is 1. The number of nitrogens with zero attached hydrogens (tertiary/aromatic N) is 1. The molecule has 1 aliphatic rings. The lowest BCUT2D eigenvalue weighted by molar-refractivity contribution is -0.133. The molecule has 2 N–H and O–H groups in total. The number of carbonyl (C=O) groups excluding carboxylic acids is 2. The van der Waals surface area contributed by atoms with Gasteiger partial charge in [-0.15, -0.1) is 0 Å². The molecule has 0 aliphatic carbocycles. The molecule has 0 saturated carbocycles. The van der Waals surface area contributed by atoms with Crippen molar-refractivity contribution in [1.29, 1.82) is 0 Å². The number of carbonyl (C=O) groups is 2. The van der Waals surface area contributed by atoms with Crippen LogP contribution in [0, 0.1) is 5.92 Å². The van der Waals surface area contributed by atoms with E-state index < -0.39 is 0 Å². The van der Waals surface area contributed by atoms with E-state index in [-0.39, 0.29) is 17.7 Å². The summed E-state index contributed by atoms with van der Waals surface area (Å²) in [5.41, 5.74) is 0. The van der Waals surface area contributed by atoms with Gasteiger partial charge in [0.05, 0.1) is 12.5 Å². The molecule has 19 heavy (non-hydrogen) atoms. The van der Waals surface area contributed by atoms with Crippen LogP contribution in [0.4, 0.5) is 0 Å². The fourth-order valence-corrected chi connectivity index (χ4v) is 2.19. The van der Waals surface area contributed by atoms with Crippen LogP contribution < -0.4 is 10.6 Å². The third-order valence-corrected chi connectivity index (χ3v) is 3.32. The van der Waals surface area contributed by atoms with Crippen molar-refractivity contribution in [2.45, 2.75) is 19.8 Å². The number of nitrogens with one attached hydrogen (secondary N) is 2. The summed E-state index contributed by atoms with van der Waals surface area (Å²) in [5, 5.41) is 6.08. The normalized spacial score (nSPS) is 19.3. The van der Waals surface area contributed by atoms with E-state index >= 15 is 0 Å². The van der Waals surface area contributed by atoms with Gasteiger partial charge in [0.2, 0.25) is 11.8 Å². The van der Waals surface area contributed by atoms with E-state index in [1.807, 2.05) is 0 Å². The molecule has 1 unspecified atom stereocenters. The van der Waals surface area contributed by atoms with Crippen LogP contribution in [-0.4, -0.2) is 63.2 Å². The maximum absolute atomic E-state index is 12.0. The Labute approximate surface area is 114 Å². The first-order valence-electron chi connectivity index (χ1n) is 6.88. The standard InChI is InChI=1S/C13H25N3O3/c1-11(17)16-8-3-4-12(10-16)13(18)15-6-5-14-7-9-19-2/h12,14H,3-10H2,1-2H3,(H,15,18). The molecule has 0 aromatic rings. The molecule has 0 spiro atoms. The Morgan fingerprint density at radius 2 is 2.11 bits per heavy atom. The minimum Gasteiger partial charge on any atom is -0.383 e. The molecule has 1 atom stereocenters. The summed E-state index contributed by atoms with van der Waals surface area (Å²) >= 11 is 0. The van der Waals surface area contributed by atoms with Crippen LogP contribution in [0.15, 0.2) is 0 Å². The van der Waals surface area contributed by atoms with E-state index in [1.165, 1.54) is 0 Å². The molecular formula is C13H25N3O3. The van der Waals surface area contributed by atoms with Crippen LogP contribution in [0.2, 0.25) is 0 Å². The third-order valence-electron chi connectivity index (χ3n) is 3.32. The molecule has 0 radical (unpaired) electrons. The Balaban J connectivity index is 2.16. The second kappa shape index (κ2) is 8.87. The average Bonchev–Trinajstić information content (AvgIpc) is 2.42. The minimum atomic E-state index is -0.0587. The average molecular weight is 271 g/mol. The van der Waals surface area contributed by atoms with E-state index in [4.69, 9.17) is 4.74 Å². The van der Waals surface area contributed by atoms with E-state index in [2.05, 4.69) is 10.6 Å². The summed E-state index contributed by atoms with van der Waals surface area (Å²) in [7, 11) is 1.66. The van der Waals surface area contributed by atoms with Gasteiger partial charge in [-0.1, -0.05) is 0 Å². The molecule has 1 aliphatic heterocycles. The molecule has 6 nitrogen and oxygen atoms in total. The van der Waals surface area contributed by atoms with Crippen LogP contribution in [-0.2, 0) is 14.3 Å². The van der Waals surface area contributed by atoms with Gasteiger partial charge in [0.1, 0.15) is 0 Å². The van der Waals surface area contributed by atoms with Gasteiger partial charge in [-0.3, -0.25) is 9.59 Å². The number of rotatable bonds is 7. The zero-order valence-corrected chi connectivity index (χ0v) is 11.9. The van der Waals surface area contributed by atoms with Crippen LogP contribution in [0.3, 0.4) is 0 Å². The third kappa shape index (κ3) is 6.02. The topological polar surface area (TPSA) is 70.7 Å². The number of amides is 2. The molecule has 1 saturated heterocycles. The number of likely N-dealkylation sites (tertiary alicyclic amines) is 1. The maximum atomic E-state index is 12.0. The summed E-state index contributed by atoms with van der Waals surface area (Å²) in [6, 6.07) is 0. The van der Waals surface area contributed by atoms with Gasteiger partial charge < -0.3 is 20.3 Å². The largest absolute Gasteiger partial charge is 0.383 e. The van der Waals surface area contributed by atoms with Gasteiger partial charge in [-0.2, -0.15) is 0 Å². The highest BCUT2D eigenvalue weighted by Gasteiger charge is 2.26. The van der Waals surface area contributed by atoms with Gasteiger partial charge in [0.15, 0.2) is 0 Å². The van der Waals surface area contributed by atoms with Crippen molar-refractivity contribution in [3.63, 3.8) is 0 Å². The van der Waals surface area contributed by atoms with Crippen LogP contribution in [0.5, 0.6) is 0 Å². The van der Waals surface area contributed by atoms with E-state index in [1.54, 1.807) is 18.9 Å². The lowest BCUT2D eigenvalue weighted by atomic mass is 9.97. The fourth-order valence-electron chi connectivity index (χ4n) is 2.19. The van der Waals surface area contributed by atoms with Crippen molar-refractivity contribution in [3.05, 3.63) is 0 Å². The summed E-state index contributed by atoms with van der Waals surface area (Å²) in [5.74, 6) is 0.0508. The monoisotopic (exact) mass is 271 g/mol. The molecule has 110 valence electrons. The van der Waals surface area contributed by atoms with E-state index in [0.29, 0.717) is 19.7 Å². The van der Waals surface area contributed by atoms with Crippen molar-refractivity contribution >= 4 is 11.8 Å². The quantitative estimate of drug-likeness (QED) is 0.618. The molecule has 1 fully saturated rings. The van der Waals surface area contributed by atoms with Crippen molar-refractivity contribution in [1.82, 2.24) is 15.5 Å². The Kier molecular flexibility index (Phi) is 7.43. The smallest absolute Gasteiger partial charge is 0.224 e. The predicted octanol–water partition coefficient (Wildman–Crippen LogP) is -0.403. The molecule has 0 aromatic carbocycles. The Bertz CT molecular complexity index is 297. The SMILES string of the molecule is COCCNCCNC(=O)C1CCCN(C(C)=O)C1. The van der Waals surface area contributed by atoms with Gasteiger partial charge in [0.25, 0.3) is 0 Å². The van der Waals surface area contributed by atoms with Crippen molar-refractivity contribution in [3.8, 4) is 0 Å². The summed E-state index contributed by atoms with van der Waals surface area (Å²) in [6.07, 6.45) is 1.77. The number of piperidine rings is 1.